The van der Waals surface area contributed by atoms with Crippen molar-refractivity contribution in [1.29, 1.82) is 0 Å². The van der Waals surface area contributed by atoms with Crippen LogP contribution in [0.15, 0.2) is 24.3 Å². The van der Waals surface area contributed by atoms with E-state index < -0.39 is 0 Å². The van der Waals surface area contributed by atoms with Crippen LogP contribution in [0.2, 0.25) is 0 Å². The Morgan fingerprint density at radius 2 is 1.94 bits per heavy atom. The van der Waals surface area contributed by atoms with Gasteiger partial charge in [0.1, 0.15) is 0 Å². The zero-order chi connectivity index (χ0) is 10.8. The zero-order valence-corrected chi connectivity index (χ0v) is 9.50. The van der Waals surface area contributed by atoms with Gasteiger partial charge in [0, 0.05) is 25.2 Å². The van der Waals surface area contributed by atoms with Crippen LogP contribution in [0.1, 0.15) is 30.0 Å². The average molecular weight is 217 g/mol. The monoisotopic (exact) mass is 217 g/mol. The Bertz CT molecular complexity index is 358. The third-order valence-corrected chi connectivity index (χ3v) is 3.63. The number of hydrogen-bond acceptors (Lipinski definition) is 3. The standard InChI is InChI=1S/C13H19N3/c1-2-6-12-10(4-1)5-3-7-13(12)16-11-8-14-15-9-11/h1-2,4,6,11,13-16H,3,5,7-9H2/t13-/m1/s1. The van der Waals surface area contributed by atoms with Crippen LogP contribution in [0.3, 0.4) is 0 Å². The first-order chi connectivity index (χ1) is 7.93. The van der Waals surface area contributed by atoms with E-state index in [0.717, 1.165) is 13.1 Å². The fourth-order valence-electron chi connectivity index (χ4n) is 2.79. The number of benzene rings is 1. The molecule has 0 saturated carbocycles. The lowest BCUT2D eigenvalue weighted by Crippen LogP contribution is -2.37. The van der Waals surface area contributed by atoms with Crippen LogP contribution >= 0.6 is 0 Å². The van der Waals surface area contributed by atoms with Gasteiger partial charge >= 0.3 is 0 Å². The maximum absolute atomic E-state index is 3.75. The van der Waals surface area contributed by atoms with Crippen molar-refractivity contribution in [3.05, 3.63) is 35.4 Å². The highest BCUT2D eigenvalue weighted by Gasteiger charge is 2.23. The molecule has 1 aliphatic heterocycles. The Morgan fingerprint density at radius 1 is 1.12 bits per heavy atom. The topological polar surface area (TPSA) is 36.1 Å². The fraction of sp³-hybridized carbons (Fsp3) is 0.538. The summed E-state index contributed by atoms with van der Waals surface area (Å²) in [6.07, 6.45) is 3.82. The van der Waals surface area contributed by atoms with Gasteiger partial charge in [0.05, 0.1) is 0 Å². The molecule has 1 atom stereocenters. The summed E-state index contributed by atoms with van der Waals surface area (Å²) in [5.74, 6) is 0. The number of nitrogens with one attached hydrogen (secondary N) is 3. The lowest BCUT2D eigenvalue weighted by Gasteiger charge is -2.28. The van der Waals surface area contributed by atoms with E-state index in [1.807, 2.05) is 0 Å². The third kappa shape index (κ3) is 1.98. The first kappa shape index (κ1) is 10.3. The quantitative estimate of drug-likeness (QED) is 0.695. The smallest absolute Gasteiger partial charge is 0.0350 e. The van der Waals surface area contributed by atoms with E-state index in [1.165, 1.54) is 30.4 Å². The van der Waals surface area contributed by atoms with Crippen molar-refractivity contribution in [2.75, 3.05) is 13.1 Å². The molecule has 0 radical (unpaired) electrons. The molecular formula is C13H19N3. The van der Waals surface area contributed by atoms with Crippen LogP contribution in [0, 0.1) is 0 Å². The van der Waals surface area contributed by atoms with Gasteiger partial charge in [-0.3, -0.25) is 10.9 Å². The zero-order valence-electron chi connectivity index (χ0n) is 9.50. The minimum atomic E-state index is 0.552. The SMILES string of the molecule is c1ccc2c(c1)CCC[C@H]2NC1CNNC1. The number of rotatable bonds is 2. The highest BCUT2D eigenvalue weighted by Crippen LogP contribution is 2.29. The van der Waals surface area contributed by atoms with Crippen LogP contribution < -0.4 is 16.2 Å². The maximum atomic E-state index is 3.75. The highest BCUT2D eigenvalue weighted by atomic mass is 15.4. The predicted molar refractivity (Wildman–Crippen MR) is 65.1 cm³/mol. The van der Waals surface area contributed by atoms with E-state index in [9.17, 15) is 0 Å². The Balaban J connectivity index is 1.76. The molecule has 2 aliphatic rings. The van der Waals surface area contributed by atoms with Gasteiger partial charge in [-0.2, -0.15) is 0 Å². The molecule has 1 aromatic carbocycles. The van der Waals surface area contributed by atoms with Crippen molar-refractivity contribution in [3.8, 4) is 0 Å². The second kappa shape index (κ2) is 4.53. The molecule has 16 heavy (non-hydrogen) atoms. The van der Waals surface area contributed by atoms with E-state index in [1.54, 1.807) is 0 Å². The van der Waals surface area contributed by atoms with Crippen LogP contribution in [0.4, 0.5) is 0 Å². The number of aryl methyl sites for hydroxylation is 1. The van der Waals surface area contributed by atoms with Crippen molar-refractivity contribution >= 4 is 0 Å². The molecule has 0 spiro atoms. The average Bonchev–Trinajstić information content (AvgIpc) is 2.82. The second-order valence-corrected chi connectivity index (χ2v) is 4.77. The first-order valence-electron chi connectivity index (χ1n) is 6.23. The summed E-state index contributed by atoms with van der Waals surface area (Å²) >= 11 is 0. The van der Waals surface area contributed by atoms with Gasteiger partial charge in [0.2, 0.25) is 0 Å². The molecule has 0 amide bonds. The highest BCUT2D eigenvalue weighted by molar-refractivity contribution is 5.32. The van der Waals surface area contributed by atoms with Gasteiger partial charge < -0.3 is 5.32 Å². The minimum absolute atomic E-state index is 0.552. The van der Waals surface area contributed by atoms with Crippen molar-refractivity contribution in [2.45, 2.75) is 31.3 Å². The Hall–Kier alpha value is -0.900. The molecule has 86 valence electrons. The minimum Gasteiger partial charge on any atom is -0.305 e. The van der Waals surface area contributed by atoms with E-state index in [-0.39, 0.29) is 0 Å². The van der Waals surface area contributed by atoms with Gasteiger partial charge in [-0.05, 0) is 30.4 Å². The van der Waals surface area contributed by atoms with E-state index >= 15 is 0 Å². The van der Waals surface area contributed by atoms with Crippen LogP contribution in [-0.2, 0) is 6.42 Å². The fourth-order valence-corrected chi connectivity index (χ4v) is 2.79. The molecule has 0 unspecified atom stereocenters. The first-order valence-corrected chi connectivity index (χ1v) is 6.23. The van der Waals surface area contributed by atoms with Gasteiger partial charge in [0.25, 0.3) is 0 Å². The van der Waals surface area contributed by atoms with Crippen LogP contribution in [0.25, 0.3) is 0 Å². The summed E-state index contributed by atoms with van der Waals surface area (Å²) in [5, 5.41) is 3.75. The molecule has 1 aromatic rings. The molecular weight excluding hydrogens is 198 g/mol. The second-order valence-electron chi connectivity index (χ2n) is 4.77. The summed E-state index contributed by atoms with van der Waals surface area (Å²) in [6.45, 7) is 2.05. The largest absolute Gasteiger partial charge is 0.305 e. The van der Waals surface area contributed by atoms with Crippen molar-refractivity contribution < 1.29 is 0 Å². The molecule has 3 heteroatoms. The molecule has 0 aromatic heterocycles. The van der Waals surface area contributed by atoms with Crippen molar-refractivity contribution in [3.63, 3.8) is 0 Å². The Labute approximate surface area is 96.6 Å². The number of fused-ring (bicyclic) bond motifs is 1. The number of hydrogen-bond donors (Lipinski definition) is 3. The predicted octanol–water partition coefficient (Wildman–Crippen LogP) is 1.13. The van der Waals surface area contributed by atoms with Crippen LogP contribution in [0.5, 0.6) is 0 Å². The summed E-state index contributed by atoms with van der Waals surface area (Å²) in [7, 11) is 0. The lowest BCUT2D eigenvalue weighted by molar-refractivity contribution is 0.415. The molecule has 1 heterocycles. The van der Waals surface area contributed by atoms with Crippen molar-refractivity contribution in [2.24, 2.45) is 0 Å². The molecule has 1 saturated heterocycles. The van der Waals surface area contributed by atoms with Crippen molar-refractivity contribution in [1.82, 2.24) is 16.2 Å². The van der Waals surface area contributed by atoms with Gasteiger partial charge in [-0.1, -0.05) is 24.3 Å². The molecule has 3 rings (SSSR count). The van der Waals surface area contributed by atoms with Gasteiger partial charge in [0.15, 0.2) is 0 Å². The molecule has 3 N–H and O–H groups in total. The summed E-state index contributed by atoms with van der Waals surface area (Å²) in [5.41, 5.74) is 9.39. The molecule has 0 bridgehead atoms. The normalized spacial score (nSPS) is 25.6. The molecule has 3 nitrogen and oxygen atoms in total. The molecule has 1 aliphatic carbocycles. The summed E-state index contributed by atoms with van der Waals surface area (Å²) < 4.78 is 0. The van der Waals surface area contributed by atoms with Gasteiger partial charge in [-0.15, -0.1) is 0 Å². The van der Waals surface area contributed by atoms with Crippen LogP contribution in [-0.4, -0.2) is 19.1 Å². The lowest BCUT2D eigenvalue weighted by atomic mass is 9.87. The third-order valence-electron chi connectivity index (χ3n) is 3.63. The van der Waals surface area contributed by atoms with E-state index in [0.29, 0.717) is 12.1 Å². The Morgan fingerprint density at radius 3 is 2.81 bits per heavy atom. The van der Waals surface area contributed by atoms with E-state index in [4.69, 9.17) is 0 Å². The number of hydrazine groups is 1. The summed E-state index contributed by atoms with van der Waals surface area (Å²) in [6, 6.07) is 9.98. The summed E-state index contributed by atoms with van der Waals surface area (Å²) in [4.78, 5) is 0. The Kier molecular flexibility index (Phi) is 2.91. The molecule has 1 fully saturated rings. The van der Waals surface area contributed by atoms with Gasteiger partial charge in [-0.25, -0.2) is 0 Å². The maximum Gasteiger partial charge on any atom is 0.0350 e. The van der Waals surface area contributed by atoms with E-state index in [2.05, 4.69) is 40.4 Å².